The molecule has 1 aliphatic rings. The molecular formula is C29H27BrFN3O3. The normalized spacial score (nSPS) is 14.4. The smallest absolute Gasteiger partial charge is 0.282 e. The number of para-hydroxylation sites is 1. The Labute approximate surface area is 222 Å². The zero-order chi connectivity index (χ0) is 25.8. The van der Waals surface area contributed by atoms with Crippen LogP contribution in [-0.2, 0) is 6.61 Å². The molecule has 0 radical (unpaired) electrons. The largest absolute Gasteiger partial charge is 0.493 e. The first-order chi connectivity index (χ1) is 18.0. The number of ether oxygens (including phenoxy) is 2. The maximum atomic E-state index is 13.5. The van der Waals surface area contributed by atoms with Gasteiger partial charge >= 0.3 is 0 Å². The third-order valence-corrected chi connectivity index (χ3v) is 7.08. The van der Waals surface area contributed by atoms with Crippen molar-refractivity contribution in [1.82, 2.24) is 9.66 Å². The molecule has 4 aromatic rings. The van der Waals surface area contributed by atoms with E-state index in [0.717, 1.165) is 35.7 Å². The standard InChI is InChI=1S/C29H27BrFN3O3/c1-36-26-16-22(30)15-21(27(26)37-18-19-11-13-23(31)14-12-19)17-32-34-28(20-7-3-2-4-8-20)33-25-10-6-5-9-24(25)29(34)35/h5-6,9-17,20H,2-4,7-8,18H2,1H3. The molecule has 1 aliphatic carbocycles. The van der Waals surface area contributed by atoms with Gasteiger partial charge in [0.15, 0.2) is 11.5 Å². The fourth-order valence-electron chi connectivity index (χ4n) is 4.72. The predicted molar refractivity (Wildman–Crippen MR) is 146 cm³/mol. The first kappa shape index (κ1) is 25.1. The number of benzene rings is 3. The minimum absolute atomic E-state index is 0.175. The quantitative estimate of drug-likeness (QED) is 0.231. The van der Waals surface area contributed by atoms with Gasteiger partial charge in [-0.05, 0) is 54.8 Å². The molecule has 5 rings (SSSR count). The Hall–Kier alpha value is -3.52. The summed E-state index contributed by atoms with van der Waals surface area (Å²) in [5.74, 6) is 1.54. The van der Waals surface area contributed by atoms with E-state index >= 15 is 0 Å². The lowest BCUT2D eigenvalue weighted by molar-refractivity contribution is 0.284. The maximum absolute atomic E-state index is 13.5. The highest BCUT2D eigenvalue weighted by molar-refractivity contribution is 9.10. The summed E-state index contributed by atoms with van der Waals surface area (Å²) in [4.78, 5) is 18.4. The van der Waals surface area contributed by atoms with Crippen molar-refractivity contribution in [3.05, 3.63) is 98.3 Å². The Morgan fingerprint density at radius 1 is 1.11 bits per heavy atom. The molecule has 0 spiro atoms. The minimum atomic E-state index is -0.305. The van der Waals surface area contributed by atoms with Crippen molar-refractivity contribution in [1.29, 1.82) is 0 Å². The molecule has 6 nitrogen and oxygen atoms in total. The molecule has 0 N–H and O–H groups in total. The molecule has 1 fully saturated rings. The fraction of sp³-hybridized carbons (Fsp3) is 0.276. The number of hydrogen-bond donors (Lipinski definition) is 0. The lowest BCUT2D eigenvalue weighted by Gasteiger charge is -2.22. The molecule has 0 bridgehead atoms. The molecule has 190 valence electrons. The molecule has 1 aromatic heterocycles. The number of rotatable bonds is 7. The van der Waals surface area contributed by atoms with E-state index in [1.165, 1.54) is 23.2 Å². The molecular weight excluding hydrogens is 537 g/mol. The summed E-state index contributed by atoms with van der Waals surface area (Å²) in [5, 5.41) is 5.18. The molecule has 0 unspecified atom stereocenters. The zero-order valence-corrected chi connectivity index (χ0v) is 22.1. The van der Waals surface area contributed by atoms with Gasteiger partial charge in [0.25, 0.3) is 5.56 Å². The van der Waals surface area contributed by atoms with E-state index in [-0.39, 0.29) is 23.9 Å². The van der Waals surface area contributed by atoms with Crippen molar-refractivity contribution >= 4 is 33.0 Å². The van der Waals surface area contributed by atoms with E-state index in [1.54, 1.807) is 37.6 Å². The number of halogens is 2. The summed E-state index contributed by atoms with van der Waals surface area (Å²) in [6.45, 7) is 0.212. The van der Waals surface area contributed by atoms with Crippen molar-refractivity contribution in [3.63, 3.8) is 0 Å². The average Bonchev–Trinajstić information content (AvgIpc) is 2.93. The maximum Gasteiger partial charge on any atom is 0.282 e. The Balaban J connectivity index is 1.56. The van der Waals surface area contributed by atoms with Crippen LogP contribution < -0.4 is 15.0 Å². The third kappa shape index (κ3) is 5.59. The number of fused-ring (bicyclic) bond motifs is 1. The van der Waals surface area contributed by atoms with Crippen LogP contribution in [0.3, 0.4) is 0 Å². The second-order valence-electron chi connectivity index (χ2n) is 9.13. The third-order valence-electron chi connectivity index (χ3n) is 6.63. The second-order valence-corrected chi connectivity index (χ2v) is 10.0. The highest BCUT2D eigenvalue weighted by Crippen LogP contribution is 2.35. The van der Waals surface area contributed by atoms with E-state index in [2.05, 4.69) is 21.0 Å². The van der Waals surface area contributed by atoms with E-state index in [0.29, 0.717) is 33.8 Å². The highest BCUT2D eigenvalue weighted by Gasteiger charge is 2.22. The molecule has 0 saturated heterocycles. The number of methoxy groups -OCH3 is 1. The Morgan fingerprint density at radius 2 is 1.86 bits per heavy atom. The molecule has 8 heteroatoms. The van der Waals surface area contributed by atoms with Crippen molar-refractivity contribution in [2.24, 2.45) is 5.10 Å². The number of aromatic nitrogens is 2. The van der Waals surface area contributed by atoms with Crippen LogP contribution >= 0.6 is 15.9 Å². The lowest BCUT2D eigenvalue weighted by atomic mass is 9.88. The lowest BCUT2D eigenvalue weighted by Crippen LogP contribution is -2.25. The van der Waals surface area contributed by atoms with Gasteiger partial charge in [0, 0.05) is 16.0 Å². The van der Waals surface area contributed by atoms with Crippen molar-refractivity contribution < 1.29 is 13.9 Å². The van der Waals surface area contributed by atoms with Gasteiger partial charge in [0.05, 0.1) is 24.2 Å². The fourth-order valence-corrected chi connectivity index (χ4v) is 5.18. The molecule has 0 amide bonds. The summed E-state index contributed by atoms with van der Waals surface area (Å²) in [6.07, 6.45) is 7.00. The summed E-state index contributed by atoms with van der Waals surface area (Å²) in [6, 6.07) is 17.2. The Morgan fingerprint density at radius 3 is 2.62 bits per heavy atom. The van der Waals surface area contributed by atoms with Gasteiger partial charge < -0.3 is 9.47 Å². The predicted octanol–water partition coefficient (Wildman–Crippen LogP) is 6.82. The second kappa shape index (κ2) is 11.3. The van der Waals surface area contributed by atoms with Crippen molar-refractivity contribution in [2.75, 3.05) is 7.11 Å². The highest BCUT2D eigenvalue weighted by atomic mass is 79.9. The molecule has 1 saturated carbocycles. The molecule has 1 heterocycles. The van der Waals surface area contributed by atoms with Crippen molar-refractivity contribution in [2.45, 2.75) is 44.6 Å². The minimum Gasteiger partial charge on any atom is -0.493 e. The van der Waals surface area contributed by atoms with Crippen LogP contribution in [0.4, 0.5) is 4.39 Å². The van der Waals surface area contributed by atoms with Crippen molar-refractivity contribution in [3.8, 4) is 11.5 Å². The molecule has 3 aromatic carbocycles. The topological polar surface area (TPSA) is 65.7 Å². The van der Waals surface area contributed by atoms with Gasteiger partial charge in [-0.3, -0.25) is 4.79 Å². The van der Waals surface area contributed by atoms with E-state index in [9.17, 15) is 9.18 Å². The molecule has 37 heavy (non-hydrogen) atoms. The van der Waals surface area contributed by atoms with Crippen LogP contribution in [0.2, 0.25) is 0 Å². The van der Waals surface area contributed by atoms with Crippen LogP contribution in [0.1, 0.15) is 55.0 Å². The summed E-state index contributed by atoms with van der Waals surface area (Å²) >= 11 is 3.52. The van der Waals surface area contributed by atoms with Gasteiger partial charge in [-0.1, -0.05) is 59.5 Å². The molecule has 0 atom stereocenters. The monoisotopic (exact) mass is 563 g/mol. The van der Waals surface area contributed by atoms with E-state index < -0.39 is 0 Å². The number of nitrogens with zero attached hydrogens (tertiary/aromatic N) is 3. The Bertz CT molecular complexity index is 1500. The van der Waals surface area contributed by atoms with E-state index in [4.69, 9.17) is 14.5 Å². The zero-order valence-electron chi connectivity index (χ0n) is 20.5. The first-order valence-electron chi connectivity index (χ1n) is 12.3. The summed E-state index contributed by atoms with van der Waals surface area (Å²) in [5.41, 5.74) is 1.93. The van der Waals surface area contributed by atoms with Gasteiger partial charge in [0.2, 0.25) is 0 Å². The Kier molecular flexibility index (Phi) is 7.65. The SMILES string of the molecule is COc1cc(Br)cc(C=Nn2c(C3CCCCC3)nc3ccccc3c2=O)c1OCc1ccc(F)cc1. The van der Waals surface area contributed by atoms with E-state index in [1.807, 2.05) is 24.3 Å². The van der Waals surface area contributed by atoms with Gasteiger partial charge in [-0.2, -0.15) is 9.78 Å². The molecule has 0 aliphatic heterocycles. The number of hydrogen-bond acceptors (Lipinski definition) is 5. The first-order valence-corrected chi connectivity index (χ1v) is 13.1. The van der Waals surface area contributed by atoms with Crippen LogP contribution in [0, 0.1) is 5.82 Å². The van der Waals surface area contributed by atoms with Crippen LogP contribution in [0.25, 0.3) is 10.9 Å². The van der Waals surface area contributed by atoms with Gasteiger partial charge in [-0.15, -0.1) is 0 Å². The van der Waals surface area contributed by atoms with Gasteiger partial charge in [-0.25, -0.2) is 9.37 Å². The average molecular weight is 564 g/mol. The summed E-state index contributed by atoms with van der Waals surface area (Å²) < 4.78 is 27.2. The summed E-state index contributed by atoms with van der Waals surface area (Å²) in [7, 11) is 1.56. The van der Waals surface area contributed by atoms with Crippen LogP contribution in [-0.4, -0.2) is 23.0 Å². The van der Waals surface area contributed by atoms with Crippen LogP contribution in [0.5, 0.6) is 11.5 Å². The van der Waals surface area contributed by atoms with Gasteiger partial charge in [0.1, 0.15) is 18.2 Å². The van der Waals surface area contributed by atoms with Crippen LogP contribution in [0.15, 0.2) is 75.0 Å².